The Kier molecular flexibility index (Phi) is 5.43. The third kappa shape index (κ3) is 4.37. The second-order valence-electron chi connectivity index (χ2n) is 6.11. The zero-order valence-electron chi connectivity index (χ0n) is 15.0. The molecule has 0 spiro atoms. The van der Waals surface area contributed by atoms with Gasteiger partial charge < -0.3 is 5.32 Å². The molecule has 1 amide bonds. The molecular weight excluding hydrogens is 374 g/mol. The van der Waals surface area contributed by atoms with Gasteiger partial charge in [-0.05, 0) is 55.5 Å². The number of rotatable bonds is 5. The first-order valence-corrected chi connectivity index (χ1v) is 9.87. The SMILES string of the molecule is Cc1ccc(S(=O)(=O)Nc2ccc(C(=O)Nc3ccccc3C#N)cc2)cc1. The van der Waals surface area contributed by atoms with Crippen LogP contribution in [0.3, 0.4) is 0 Å². The number of para-hydroxylation sites is 1. The smallest absolute Gasteiger partial charge is 0.261 e. The fourth-order valence-electron chi connectivity index (χ4n) is 2.51. The lowest BCUT2D eigenvalue weighted by molar-refractivity contribution is 0.102. The molecule has 7 heteroatoms. The zero-order chi connectivity index (χ0) is 20.1. The highest BCUT2D eigenvalue weighted by Crippen LogP contribution is 2.19. The number of nitrogens with one attached hydrogen (secondary N) is 2. The highest BCUT2D eigenvalue weighted by atomic mass is 32.2. The van der Waals surface area contributed by atoms with E-state index in [2.05, 4.69) is 10.0 Å². The molecule has 6 nitrogen and oxygen atoms in total. The van der Waals surface area contributed by atoms with Crippen LogP contribution in [0.2, 0.25) is 0 Å². The Balaban J connectivity index is 1.73. The van der Waals surface area contributed by atoms with Crippen molar-refractivity contribution in [2.75, 3.05) is 10.0 Å². The lowest BCUT2D eigenvalue weighted by Crippen LogP contribution is -2.14. The number of hydrogen-bond donors (Lipinski definition) is 2. The van der Waals surface area contributed by atoms with E-state index in [0.717, 1.165) is 5.56 Å². The monoisotopic (exact) mass is 391 g/mol. The largest absolute Gasteiger partial charge is 0.321 e. The molecule has 0 unspecified atom stereocenters. The van der Waals surface area contributed by atoms with Crippen LogP contribution in [0.4, 0.5) is 11.4 Å². The fourth-order valence-corrected chi connectivity index (χ4v) is 3.56. The molecule has 2 N–H and O–H groups in total. The lowest BCUT2D eigenvalue weighted by Gasteiger charge is -2.10. The Bertz CT molecular complexity index is 1150. The molecule has 0 aromatic heterocycles. The van der Waals surface area contributed by atoms with Crippen LogP contribution in [-0.4, -0.2) is 14.3 Å². The van der Waals surface area contributed by atoms with Crippen molar-refractivity contribution in [2.45, 2.75) is 11.8 Å². The Morgan fingerprint density at radius 3 is 2.21 bits per heavy atom. The molecule has 3 rings (SSSR count). The molecule has 0 heterocycles. The minimum atomic E-state index is -3.71. The van der Waals surface area contributed by atoms with Crippen LogP contribution in [0.5, 0.6) is 0 Å². The van der Waals surface area contributed by atoms with Gasteiger partial charge in [-0.1, -0.05) is 29.8 Å². The summed E-state index contributed by atoms with van der Waals surface area (Å²) in [5.74, 6) is -0.393. The van der Waals surface area contributed by atoms with E-state index in [1.54, 1.807) is 36.4 Å². The maximum absolute atomic E-state index is 12.4. The van der Waals surface area contributed by atoms with Crippen molar-refractivity contribution in [3.05, 3.63) is 89.5 Å². The first-order valence-electron chi connectivity index (χ1n) is 8.39. The second kappa shape index (κ2) is 7.94. The van der Waals surface area contributed by atoms with Crippen LogP contribution in [0, 0.1) is 18.3 Å². The van der Waals surface area contributed by atoms with Crippen LogP contribution in [0.15, 0.2) is 77.7 Å². The molecule has 0 bridgehead atoms. The number of amides is 1. The van der Waals surface area contributed by atoms with Gasteiger partial charge in [-0.25, -0.2) is 8.42 Å². The first kappa shape index (κ1) is 19.1. The second-order valence-corrected chi connectivity index (χ2v) is 7.79. The number of hydrogen-bond acceptors (Lipinski definition) is 4. The van der Waals surface area contributed by atoms with E-state index in [1.165, 1.54) is 36.4 Å². The Morgan fingerprint density at radius 1 is 0.929 bits per heavy atom. The molecule has 0 aliphatic carbocycles. The topological polar surface area (TPSA) is 99.1 Å². The van der Waals surface area contributed by atoms with E-state index in [1.807, 2.05) is 13.0 Å². The van der Waals surface area contributed by atoms with Gasteiger partial charge in [0.15, 0.2) is 0 Å². The summed E-state index contributed by atoms with van der Waals surface area (Å²) in [6.07, 6.45) is 0. The number of anilines is 2. The molecular formula is C21H17N3O3S. The van der Waals surface area contributed by atoms with Gasteiger partial charge in [-0.3, -0.25) is 9.52 Å². The third-order valence-electron chi connectivity index (χ3n) is 4.03. The Labute approximate surface area is 163 Å². The van der Waals surface area contributed by atoms with Gasteiger partial charge in [0.25, 0.3) is 15.9 Å². The fraction of sp³-hybridized carbons (Fsp3) is 0.0476. The molecule has 0 aliphatic heterocycles. The third-order valence-corrected chi connectivity index (χ3v) is 5.42. The number of carbonyl (C=O) groups excluding carboxylic acids is 1. The number of nitriles is 1. The molecule has 0 atom stereocenters. The summed E-state index contributed by atoms with van der Waals surface area (Å²) < 4.78 is 27.3. The predicted octanol–water partition coefficient (Wildman–Crippen LogP) is 3.92. The number of nitrogens with zero attached hydrogens (tertiary/aromatic N) is 1. The molecule has 140 valence electrons. The van der Waals surface area contributed by atoms with Gasteiger partial charge in [0.1, 0.15) is 6.07 Å². The molecule has 0 radical (unpaired) electrons. The summed E-state index contributed by atoms with van der Waals surface area (Å²) in [5, 5.41) is 11.8. The summed E-state index contributed by atoms with van der Waals surface area (Å²) in [4.78, 5) is 12.5. The van der Waals surface area contributed by atoms with Crippen molar-refractivity contribution in [3.8, 4) is 6.07 Å². The maximum atomic E-state index is 12.4. The van der Waals surface area contributed by atoms with E-state index in [-0.39, 0.29) is 4.90 Å². The highest BCUT2D eigenvalue weighted by Gasteiger charge is 2.14. The molecule has 0 aliphatic rings. The molecule has 28 heavy (non-hydrogen) atoms. The Hall–Kier alpha value is -3.63. The number of benzene rings is 3. The van der Waals surface area contributed by atoms with Crippen molar-refractivity contribution in [1.82, 2.24) is 0 Å². The van der Waals surface area contributed by atoms with E-state index in [4.69, 9.17) is 5.26 Å². The van der Waals surface area contributed by atoms with Crippen molar-refractivity contribution in [1.29, 1.82) is 5.26 Å². The van der Waals surface area contributed by atoms with Crippen molar-refractivity contribution >= 4 is 27.3 Å². The normalized spacial score (nSPS) is 10.7. The average Bonchev–Trinajstić information content (AvgIpc) is 2.69. The van der Waals surface area contributed by atoms with E-state index in [0.29, 0.717) is 22.5 Å². The van der Waals surface area contributed by atoms with E-state index < -0.39 is 15.9 Å². The molecule has 0 fully saturated rings. The van der Waals surface area contributed by atoms with Crippen molar-refractivity contribution < 1.29 is 13.2 Å². The zero-order valence-corrected chi connectivity index (χ0v) is 15.8. The number of carbonyl (C=O) groups is 1. The van der Waals surface area contributed by atoms with Crippen molar-refractivity contribution in [2.24, 2.45) is 0 Å². The van der Waals surface area contributed by atoms with Gasteiger partial charge in [-0.15, -0.1) is 0 Å². The van der Waals surface area contributed by atoms with Crippen LogP contribution in [-0.2, 0) is 10.0 Å². The van der Waals surface area contributed by atoms with Gasteiger partial charge in [-0.2, -0.15) is 5.26 Å². The van der Waals surface area contributed by atoms with Crippen LogP contribution in [0.1, 0.15) is 21.5 Å². The molecule has 0 saturated heterocycles. The van der Waals surface area contributed by atoms with Gasteiger partial charge in [0.05, 0.1) is 16.1 Å². The average molecular weight is 391 g/mol. The summed E-state index contributed by atoms with van der Waals surface area (Å²) in [7, 11) is -3.71. The molecule has 3 aromatic rings. The first-order chi connectivity index (χ1) is 13.4. The van der Waals surface area contributed by atoms with Gasteiger partial charge in [0, 0.05) is 11.3 Å². The molecule has 3 aromatic carbocycles. The van der Waals surface area contributed by atoms with Gasteiger partial charge >= 0.3 is 0 Å². The standard InChI is InChI=1S/C21H17N3O3S/c1-15-6-12-19(13-7-15)28(26,27)24-18-10-8-16(9-11-18)21(25)23-20-5-3-2-4-17(20)14-22/h2-13,24H,1H3,(H,23,25). The van der Waals surface area contributed by atoms with Crippen molar-refractivity contribution in [3.63, 3.8) is 0 Å². The van der Waals surface area contributed by atoms with E-state index in [9.17, 15) is 13.2 Å². The Morgan fingerprint density at radius 2 is 1.57 bits per heavy atom. The maximum Gasteiger partial charge on any atom is 0.261 e. The lowest BCUT2D eigenvalue weighted by atomic mass is 10.1. The minimum absolute atomic E-state index is 0.160. The van der Waals surface area contributed by atoms with E-state index >= 15 is 0 Å². The number of aryl methyl sites for hydroxylation is 1. The number of sulfonamides is 1. The summed E-state index contributed by atoms with van der Waals surface area (Å²) in [5.41, 5.74) is 2.42. The summed E-state index contributed by atoms with van der Waals surface area (Å²) in [6.45, 7) is 1.88. The van der Waals surface area contributed by atoms with Crippen LogP contribution >= 0.6 is 0 Å². The predicted molar refractivity (Wildman–Crippen MR) is 108 cm³/mol. The summed E-state index contributed by atoms with van der Waals surface area (Å²) >= 11 is 0. The van der Waals surface area contributed by atoms with Crippen LogP contribution in [0.25, 0.3) is 0 Å². The van der Waals surface area contributed by atoms with Crippen LogP contribution < -0.4 is 10.0 Å². The highest BCUT2D eigenvalue weighted by molar-refractivity contribution is 7.92. The molecule has 0 saturated carbocycles. The quantitative estimate of drug-likeness (QED) is 0.688. The van der Waals surface area contributed by atoms with Gasteiger partial charge in [0.2, 0.25) is 0 Å². The minimum Gasteiger partial charge on any atom is -0.321 e. The summed E-state index contributed by atoms with van der Waals surface area (Å²) in [6, 6.07) is 21.3.